The maximum Gasteiger partial charge on any atom is 0.205 e. The number of rotatable bonds is 1. The molecule has 0 spiro atoms. The first kappa shape index (κ1) is 4.97. The Morgan fingerprint density at radius 2 is 2.50 bits per heavy atom. The smallest absolute Gasteiger partial charge is 0.205 e. The predicted octanol–water partition coefficient (Wildman–Crippen LogP) is 1.25. The van der Waals surface area contributed by atoms with Crippen LogP contribution in [0, 0.1) is 0 Å². The first-order chi connectivity index (χ1) is 2.84. The molecule has 2 nitrogen and oxygen atoms in total. The standard InChI is InChI=1S/C2H3INOP/c1-6-2-4(3)5-2/h2H,1H2. The van der Waals surface area contributed by atoms with Crippen molar-refractivity contribution in [1.29, 1.82) is 0 Å². The monoisotopic (exact) mass is 215 g/mol. The summed E-state index contributed by atoms with van der Waals surface area (Å²) in [5, 5.41) is 0. The van der Waals surface area contributed by atoms with Gasteiger partial charge in [-0.1, -0.05) is 17.8 Å². The lowest BCUT2D eigenvalue weighted by molar-refractivity contribution is 0.329. The van der Waals surface area contributed by atoms with E-state index in [1.807, 2.05) is 0 Å². The van der Waals surface area contributed by atoms with Crippen molar-refractivity contribution in [1.82, 2.24) is 3.28 Å². The van der Waals surface area contributed by atoms with Gasteiger partial charge in [0, 0.05) is 0 Å². The van der Waals surface area contributed by atoms with E-state index < -0.39 is 0 Å². The van der Waals surface area contributed by atoms with Gasteiger partial charge in [0.25, 0.3) is 0 Å². The first-order valence-corrected chi connectivity index (χ1v) is 3.53. The SMILES string of the molecule is C=PC1ON1I. The first-order valence-electron chi connectivity index (χ1n) is 1.42. The van der Waals surface area contributed by atoms with Gasteiger partial charge in [0.05, 0.1) is 22.9 Å². The molecule has 4 heteroatoms. The molecule has 1 aliphatic heterocycles. The second kappa shape index (κ2) is 1.74. The third kappa shape index (κ3) is 0.904. The van der Waals surface area contributed by atoms with Crippen LogP contribution in [-0.4, -0.2) is 15.5 Å². The Kier molecular flexibility index (Phi) is 1.44. The highest BCUT2D eigenvalue weighted by Crippen LogP contribution is 2.32. The molecule has 0 aliphatic carbocycles. The van der Waals surface area contributed by atoms with Crippen molar-refractivity contribution in [3.05, 3.63) is 0 Å². The summed E-state index contributed by atoms with van der Waals surface area (Å²) in [6, 6.07) is 0. The lowest BCUT2D eigenvalue weighted by atomic mass is 11.5. The Morgan fingerprint density at radius 3 is 2.50 bits per heavy atom. The summed E-state index contributed by atoms with van der Waals surface area (Å²) in [6.45, 7) is 0. The van der Waals surface area contributed by atoms with Gasteiger partial charge in [-0.15, -0.1) is 0 Å². The summed E-state index contributed by atoms with van der Waals surface area (Å²) in [5.74, 6) is 0.283. The molecule has 0 aromatic rings. The summed E-state index contributed by atoms with van der Waals surface area (Å²) in [5.41, 5.74) is 0. The maximum atomic E-state index is 4.81. The van der Waals surface area contributed by atoms with E-state index in [1.54, 1.807) is 3.28 Å². The van der Waals surface area contributed by atoms with Gasteiger partial charge in [0.15, 0.2) is 0 Å². The molecule has 1 saturated heterocycles. The molecule has 1 rings (SSSR count). The van der Waals surface area contributed by atoms with Gasteiger partial charge in [-0.05, 0) is 0 Å². The molecule has 2 atom stereocenters. The highest BCUT2D eigenvalue weighted by molar-refractivity contribution is 14.1. The number of halogens is 1. The zero-order valence-electron chi connectivity index (χ0n) is 2.97. The van der Waals surface area contributed by atoms with Crippen LogP contribution < -0.4 is 0 Å². The minimum Gasteiger partial charge on any atom is -0.255 e. The van der Waals surface area contributed by atoms with Crippen LogP contribution in [0.4, 0.5) is 0 Å². The summed E-state index contributed by atoms with van der Waals surface area (Å²) >= 11 is 2.08. The Bertz CT molecular complexity index is 77.9. The fourth-order valence-electron chi connectivity index (χ4n) is 0.160. The van der Waals surface area contributed by atoms with Gasteiger partial charge in [-0.25, -0.2) is 0 Å². The van der Waals surface area contributed by atoms with E-state index in [9.17, 15) is 0 Å². The van der Waals surface area contributed by atoms with Gasteiger partial charge in [0.2, 0.25) is 5.97 Å². The molecular weight excluding hydrogens is 212 g/mol. The van der Waals surface area contributed by atoms with E-state index in [1.165, 1.54) is 0 Å². The van der Waals surface area contributed by atoms with Crippen LogP contribution in [0.1, 0.15) is 0 Å². The fraction of sp³-hybridized carbons (Fsp3) is 0.500. The van der Waals surface area contributed by atoms with Gasteiger partial charge in [-0.2, -0.15) is 0 Å². The average Bonchev–Trinajstić information content (AvgIpc) is 2.19. The third-order valence-corrected chi connectivity index (χ3v) is 2.27. The van der Waals surface area contributed by atoms with Crippen LogP contribution >= 0.6 is 31.1 Å². The van der Waals surface area contributed by atoms with Crippen molar-refractivity contribution in [2.75, 3.05) is 0 Å². The molecule has 1 aliphatic rings. The highest BCUT2D eigenvalue weighted by Gasteiger charge is 2.31. The molecule has 0 saturated carbocycles. The Hall–Kier alpha value is 0.820. The van der Waals surface area contributed by atoms with Crippen LogP contribution in [0.25, 0.3) is 0 Å². The number of hydroxylamine groups is 1. The summed E-state index contributed by atoms with van der Waals surface area (Å²) in [4.78, 5) is 4.81. The normalized spacial score (nSPS) is 43.5. The molecular formula is C2H3INOP. The molecule has 0 amide bonds. The number of nitrogens with zero attached hydrogens (tertiary/aromatic N) is 1. The van der Waals surface area contributed by atoms with E-state index in [4.69, 9.17) is 4.84 Å². The van der Waals surface area contributed by atoms with E-state index >= 15 is 0 Å². The van der Waals surface area contributed by atoms with E-state index in [2.05, 4.69) is 29.2 Å². The van der Waals surface area contributed by atoms with Crippen molar-refractivity contribution in [3.8, 4) is 0 Å². The number of hydrogen-bond donors (Lipinski definition) is 0. The Labute approximate surface area is 51.7 Å². The molecule has 6 heavy (non-hydrogen) atoms. The van der Waals surface area contributed by atoms with Crippen molar-refractivity contribution in [2.24, 2.45) is 0 Å². The van der Waals surface area contributed by atoms with Crippen molar-refractivity contribution in [3.63, 3.8) is 0 Å². The predicted molar refractivity (Wildman–Crippen MR) is 34.8 cm³/mol. The van der Waals surface area contributed by atoms with E-state index in [0.29, 0.717) is 0 Å². The fourth-order valence-corrected chi connectivity index (χ4v) is 1.38. The maximum absolute atomic E-state index is 4.81. The van der Waals surface area contributed by atoms with Crippen molar-refractivity contribution in [2.45, 2.75) is 5.97 Å². The largest absolute Gasteiger partial charge is 0.255 e. The molecule has 0 radical (unpaired) electrons. The molecule has 0 N–H and O–H groups in total. The average molecular weight is 215 g/mol. The second-order valence-electron chi connectivity index (χ2n) is 0.886. The highest BCUT2D eigenvalue weighted by atomic mass is 127. The summed E-state index contributed by atoms with van der Waals surface area (Å²) in [7, 11) is 1.05. The zero-order chi connectivity index (χ0) is 4.57. The Balaban J connectivity index is 2.25. The minimum absolute atomic E-state index is 0.283. The molecule has 1 heterocycles. The third-order valence-electron chi connectivity index (χ3n) is 0.479. The van der Waals surface area contributed by atoms with Crippen LogP contribution in [0.2, 0.25) is 0 Å². The minimum atomic E-state index is 0.283. The van der Waals surface area contributed by atoms with Crippen LogP contribution in [-0.2, 0) is 4.84 Å². The quantitative estimate of drug-likeness (QED) is 0.283. The lowest BCUT2D eigenvalue weighted by Crippen LogP contribution is -1.68. The van der Waals surface area contributed by atoms with Gasteiger partial charge in [-0.3, -0.25) is 4.84 Å². The molecule has 1 fully saturated rings. The molecule has 34 valence electrons. The van der Waals surface area contributed by atoms with E-state index in [0.717, 1.165) is 8.20 Å². The molecule has 2 unspecified atom stereocenters. The van der Waals surface area contributed by atoms with Gasteiger partial charge >= 0.3 is 0 Å². The van der Waals surface area contributed by atoms with Gasteiger partial charge in [0.1, 0.15) is 0 Å². The zero-order valence-corrected chi connectivity index (χ0v) is 6.02. The molecule has 0 aromatic heterocycles. The summed E-state index contributed by atoms with van der Waals surface area (Å²) in [6.07, 6.45) is 3.60. The molecule has 0 bridgehead atoms. The van der Waals surface area contributed by atoms with Crippen molar-refractivity contribution >= 4 is 37.4 Å². The second-order valence-corrected chi connectivity index (χ2v) is 2.64. The Morgan fingerprint density at radius 1 is 2.00 bits per heavy atom. The van der Waals surface area contributed by atoms with Crippen molar-refractivity contribution < 1.29 is 4.84 Å². The topological polar surface area (TPSA) is 15.5 Å². The van der Waals surface area contributed by atoms with Gasteiger partial charge < -0.3 is 0 Å². The van der Waals surface area contributed by atoms with E-state index in [-0.39, 0.29) is 5.97 Å². The lowest BCUT2D eigenvalue weighted by Gasteiger charge is -1.64. The van der Waals surface area contributed by atoms with Crippen LogP contribution in [0.5, 0.6) is 0 Å². The number of hydrogen-bond acceptors (Lipinski definition) is 2. The molecule has 0 aromatic carbocycles. The summed E-state index contributed by atoms with van der Waals surface area (Å²) < 4.78 is 1.74. The van der Waals surface area contributed by atoms with Crippen LogP contribution in [0.3, 0.4) is 0 Å². The van der Waals surface area contributed by atoms with Crippen LogP contribution in [0.15, 0.2) is 0 Å².